The van der Waals surface area contributed by atoms with Crippen LogP contribution in [-0.4, -0.2) is 43.7 Å². The first-order valence-corrected chi connectivity index (χ1v) is 12.5. The van der Waals surface area contributed by atoms with Gasteiger partial charge in [0.1, 0.15) is 0 Å². The Morgan fingerprint density at radius 1 is 1.03 bits per heavy atom. The number of hydrogen-bond donors (Lipinski definition) is 0. The highest BCUT2D eigenvalue weighted by Crippen LogP contribution is 2.39. The summed E-state index contributed by atoms with van der Waals surface area (Å²) >= 11 is 0. The number of anilines is 1. The first-order valence-electron chi connectivity index (χ1n) is 11.1. The molecule has 2 aromatic heterocycles. The Balaban J connectivity index is 1.83. The predicted molar refractivity (Wildman–Crippen MR) is 131 cm³/mol. The number of aromatic nitrogens is 2. The third kappa shape index (κ3) is 3.83. The average Bonchev–Trinajstić information content (AvgIpc) is 3.24. The zero-order valence-corrected chi connectivity index (χ0v) is 19.8. The lowest BCUT2D eigenvalue weighted by Gasteiger charge is -2.30. The van der Waals surface area contributed by atoms with Crippen molar-refractivity contribution in [3.63, 3.8) is 0 Å². The predicted octanol–water partition coefficient (Wildman–Crippen LogP) is 4.27. The van der Waals surface area contributed by atoms with Gasteiger partial charge in [-0.05, 0) is 49.7 Å². The second kappa shape index (κ2) is 8.60. The van der Waals surface area contributed by atoms with E-state index >= 15 is 0 Å². The van der Waals surface area contributed by atoms with Crippen LogP contribution in [0.15, 0.2) is 65.7 Å². The first kappa shape index (κ1) is 22.1. The van der Waals surface area contributed by atoms with Gasteiger partial charge in [0.25, 0.3) is 10.0 Å². The largest absolute Gasteiger partial charge is 0.378 e. The number of aryl methyl sites for hydroxylation is 2. The molecule has 0 saturated carbocycles. The van der Waals surface area contributed by atoms with E-state index in [9.17, 15) is 13.7 Å². The Morgan fingerprint density at radius 3 is 2.47 bits per heavy atom. The lowest BCUT2D eigenvalue weighted by atomic mass is 10.0. The van der Waals surface area contributed by atoms with E-state index in [4.69, 9.17) is 9.72 Å². The van der Waals surface area contributed by atoms with Gasteiger partial charge in [-0.1, -0.05) is 29.8 Å². The SMILES string of the molecule is Cc1ccc(S(=O)(=O)n2cc(-c3cccc(C#N)c3)c3c(N4CCOCC4)cc(C)nc32)cc1. The van der Waals surface area contributed by atoms with Gasteiger partial charge in [0.2, 0.25) is 0 Å². The van der Waals surface area contributed by atoms with Crippen LogP contribution in [0.1, 0.15) is 16.8 Å². The van der Waals surface area contributed by atoms with Crippen LogP contribution in [0.3, 0.4) is 0 Å². The molecule has 0 spiro atoms. The molecule has 8 heteroatoms. The summed E-state index contributed by atoms with van der Waals surface area (Å²) in [5.41, 5.74) is 4.99. The maximum atomic E-state index is 13.8. The monoisotopic (exact) mass is 472 g/mol. The van der Waals surface area contributed by atoms with E-state index < -0.39 is 10.0 Å². The van der Waals surface area contributed by atoms with Crippen molar-refractivity contribution in [2.75, 3.05) is 31.2 Å². The van der Waals surface area contributed by atoms with E-state index in [-0.39, 0.29) is 4.90 Å². The Bertz CT molecular complexity index is 1530. The summed E-state index contributed by atoms with van der Waals surface area (Å²) in [7, 11) is -3.90. The molecule has 4 aromatic rings. The molecule has 0 aliphatic carbocycles. The van der Waals surface area contributed by atoms with Crippen molar-refractivity contribution in [1.82, 2.24) is 8.96 Å². The number of hydrogen-bond acceptors (Lipinski definition) is 6. The van der Waals surface area contributed by atoms with E-state index in [2.05, 4.69) is 11.0 Å². The van der Waals surface area contributed by atoms with Crippen LogP contribution in [0, 0.1) is 25.2 Å². The number of pyridine rings is 1. The van der Waals surface area contributed by atoms with Gasteiger partial charge in [-0.3, -0.25) is 0 Å². The number of nitriles is 1. The summed E-state index contributed by atoms with van der Waals surface area (Å²) in [6.07, 6.45) is 1.63. The van der Waals surface area contributed by atoms with Crippen LogP contribution in [-0.2, 0) is 14.8 Å². The zero-order chi connectivity index (χ0) is 23.9. The third-order valence-electron chi connectivity index (χ3n) is 6.06. The van der Waals surface area contributed by atoms with Gasteiger partial charge in [0.05, 0.1) is 40.8 Å². The fraction of sp³-hybridized carbons (Fsp3) is 0.231. The number of fused-ring (bicyclic) bond motifs is 1. The van der Waals surface area contributed by atoms with Gasteiger partial charge in [0, 0.05) is 30.5 Å². The highest BCUT2D eigenvalue weighted by atomic mass is 32.2. The molecule has 3 heterocycles. The van der Waals surface area contributed by atoms with Crippen molar-refractivity contribution in [2.24, 2.45) is 0 Å². The van der Waals surface area contributed by atoms with Gasteiger partial charge in [-0.2, -0.15) is 5.26 Å². The molecule has 1 aliphatic rings. The van der Waals surface area contributed by atoms with E-state index in [0.29, 0.717) is 37.5 Å². The van der Waals surface area contributed by atoms with Crippen LogP contribution in [0.2, 0.25) is 0 Å². The number of ether oxygens (including phenoxy) is 1. The minimum atomic E-state index is -3.90. The minimum absolute atomic E-state index is 0.198. The summed E-state index contributed by atoms with van der Waals surface area (Å²) in [5.74, 6) is 0. The Labute approximate surface area is 198 Å². The van der Waals surface area contributed by atoms with E-state index in [1.807, 2.05) is 32.0 Å². The molecule has 0 amide bonds. The molecule has 0 unspecified atom stereocenters. The summed E-state index contributed by atoms with van der Waals surface area (Å²) in [6, 6.07) is 18.2. The van der Waals surface area contributed by atoms with Crippen LogP contribution >= 0.6 is 0 Å². The maximum absolute atomic E-state index is 13.8. The highest BCUT2D eigenvalue weighted by molar-refractivity contribution is 7.90. The molecule has 2 aromatic carbocycles. The van der Waals surface area contributed by atoms with Gasteiger partial charge < -0.3 is 9.64 Å². The van der Waals surface area contributed by atoms with Crippen molar-refractivity contribution in [1.29, 1.82) is 5.26 Å². The number of benzene rings is 2. The lowest BCUT2D eigenvalue weighted by Crippen LogP contribution is -2.36. The molecule has 0 bridgehead atoms. The van der Waals surface area contributed by atoms with Crippen LogP contribution in [0.4, 0.5) is 5.69 Å². The summed E-state index contributed by atoms with van der Waals surface area (Å²) in [6.45, 7) is 6.39. The van der Waals surface area contributed by atoms with Crippen LogP contribution < -0.4 is 4.90 Å². The molecule has 7 nitrogen and oxygen atoms in total. The normalized spacial score (nSPS) is 14.3. The topological polar surface area (TPSA) is 88.2 Å². The van der Waals surface area contributed by atoms with Crippen molar-refractivity contribution in [3.8, 4) is 17.2 Å². The molecule has 0 atom stereocenters. The third-order valence-corrected chi connectivity index (χ3v) is 7.73. The Hall–Kier alpha value is -3.67. The van der Waals surface area contributed by atoms with Gasteiger partial charge >= 0.3 is 0 Å². The standard InChI is InChI=1S/C26H24N4O3S/c1-18-6-8-22(9-7-18)34(31,32)30-17-23(21-5-3-4-20(15-21)16-27)25-24(14-19(2)28-26(25)30)29-10-12-33-13-11-29/h3-9,14-15,17H,10-13H2,1-2H3. The molecule has 1 fully saturated rings. The van der Waals surface area contributed by atoms with Crippen LogP contribution in [0.25, 0.3) is 22.2 Å². The highest BCUT2D eigenvalue weighted by Gasteiger charge is 2.27. The Kier molecular flexibility index (Phi) is 5.60. The quantitative estimate of drug-likeness (QED) is 0.441. The molecule has 0 N–H and O–H groups in total. The fourth-order valence-corrected chi connectivity index (χ4v) is 5.65. The van der Waals surface area contributed by atoms with Crippen molar-refractivity contribution < 1.29 is 13.2 Å². The molecular formula is C26H24N4O3S. The second-order valence-corrected chi connectivity index (χ2v) is 10.2. The zero-order valence-electron chi connectivity index (χ0n) is 19.0. The van der Waals surface area contributed by atoms with Gasteiger partial charge in [-0.15, -0.1) is 0 Å². The van der Waals surface area contributed by atoms with Crippen molar-refractivity contribution in [2.45, 2.75) is 18.7 Å². The fourth-order valence-electron chi connectivity index (χ4n) is 4.34. The minimum Gasteiger partial charge on any atom is -0.378 e. The molecular weight excluding hydrogens is 448 g/mol. The van der Waals surface area contributed by atoms with E-state index in [0.717, 1.165) is 33.5 Å². The van der Waals surface area contributed by atoms with E-state index in [1.54, 1.807) is 42.6 Å². The van der Waals surface area contributed by atoms with Crippen molar-refractivity contribution in [3.05, 3.63) is 77.6 Å². The Morgan fingerprint density at radius 2 is 1.76 bits per heavy atom. The molecule has 34 heavy (non-hydrogen) atoms. The number of morpholine rings is 1. The second-order valence-electron chi connectivity index (χ2n) is 8.43. The van der Waals surface area contributed by atoms with Crippen LogP contribution in [0.5, 0.6) is 0 Å². The smallest absolute Gasteiger partial charge is 0.269 e. The molecule has 1 aliphatic heterocycles. The van der Waals surface area contributed by atoms with Crippen molar-refractivity contribution >= 4 is 26.7 Å². The first-order chi connectivity index (χ1) is 16.4. The summed E-state index contributed by atoms with van der Waals surface area (Å²) in [5, 5.41) is 10.2. The number of nitrogens with zero attached hydrogens (tertiary/aromatic N) is 4. The molecule has 5 rings (SSSR count). The summed E-state index contributed by atoms with van der Waals surface area (Å²) < 4.78 is 34.3. The van der Waals surface area contributed by atoms with Gasteiger partial charge in [-0.25, -0.2) is 17.4 Å². The molecule has 172 valence electrons. The number of rotatable bonds is 4. The summed E-state index contributed by atoms with van der Waals surface area (Å²) in [4.78, 5) is 7.10. The maximum Gasteiger partial charge on any atom is 0.269 e. The average molecular weight is 473 g/mol. The lowest BCUT2D eigenvalue weighted by molar-refractivity contribution is 0.123. The molecule has 1 saturated heterocycles. The van der Waals surface area contributed by atoms with E-state index in [1.165, 1.54) is 3.97 Å². The van der Waals surface area contributed by atoms with Gasteiger partial charge in [0.15, 0.2) is 5.65 Å². The molecule has 0 radical (unpaired) electrons.